The van der Waals surface area contributed by atoms with Crippen molar-refractivity contribution in [2.24, 2.45) is 0 Å². The second kappa shape index (κ2) is 17.6. The number of carbonyl (C=O) groups is 2. The second-order valence-corrected chi connectivity index (χ2v) is 12.9. The van der Waals surface area contributed by atoms with Crippen molar-refractivity contribution in [2.75, 3.05) is 40.0 Å². The van der Waals surface area contributed by atoms with E-state index in [0.29, 0.717) is 36.0 Å². The van der Waals surface area contributed by atoms with Gasteiger partial charge >= 0.3 is 11.9 Å². The summed E-state index contributed by atoms with van der Waals surface area (Å²) >= 11 is 0. The predicted molar refractivity (Wildman–Crippen MR) is 191 cm³/mol. The topological polar surface area (TPSA) is 173 Å². The van der Waals surface area contributed by atoms with Gasteiger partial charge in [-0.3, -0.25) is 15.0 Å². The molecule has 0 saturated heterocycles. The zero-order chi connectivity index (χ0) is 37.1. The van der Waals surface area contributed by atoms with Crippen molar-refractivity contribution in [3.8, 4) is 11.5 Å². The molecule has 0 radical (unpaired) electrons. The molecule has 2 atom stereocenters. The van der Waals surface area contributed by atoms with Gasteiger partial charge in [0, 0.05) is 55.2 Å². The van der Waals surface area contributed by atoms with Crippen LogP contribution in [-0.4, -0.2) is 83.6 Å². The third-order valence-electron chi connectivity index (χ3n) is 8.35. The summed E-state index contributed by atoms with van der Waals surface area (Å²) < 4.78 is 16.6. The number of nitro groups is 1. The molecule has 13 nitrogen and oxygen atoms in total. The number of carboxylic acids is 1. The number of allylic oxidation sites excluding steroid dienone is 1. The Labute approximate surface area is 297 Å². The zero-order valence-corrected chi connectivity index (χ0v) is 29.5. The van der Waals surface area contributed by atoms with Crippen LogP contribution in [0.5, 0.6) is 11.5 Å². The molecule has 0 spiro atoms. The summed E-state index contributed by atoms with van der Waals surface area (Å²) in [6.07, 6.45) is -0.840. The highest BCUT2D eigenvalue weighted by molar-refractivity contribution is 5.99. The number of rotatable bonds is 18. The van der Waals surface area contributed by atoms with Crippen LogP contribution in [0.2, 0.25) is 0 Å². The molecule has 3 aromatic carbocycles. The van der Waals surface area contributed by atoms with E-state index < -0.39 is 34.4 Å². The van der Waals surface area contributed by atoms with Crippen molar-refractivity contribution in [1.29, 1.82) is 0 Å². The summed E-state index contributed by atoms with van der Waals surface area (Å²) in [5, 5.41) is 39.4. The van der Waals surface area contributed by atoms with Gasteiger partial charge < -0.3 is 35.1 Å². The van der Waals surface area contributed by atoms with E-state index in [2.05, 4.69) is 15.5 Å². The Morgan fingerprint density at radius 2 is 1.71 bits per heavy atom. The van der Waals surface area contributed by atoms with Crippen LogP contribution >= 0.6 is 0 Å². The normalized spacial score (nSPS) is 15.3. The van der Waals surface area contributed by atoms with Crippen molar-refractivity contribution in [3.05, 3.63) is 123 Å². The van der Waals surface area contributed by atoms with Crippen molar-refractivity contribution >= 4 is 17.6 Å². The Morgan fingerprint density at radius 1 is 1.02 bits per heavy atom. The molecule has 51 heavy (non-hydrogen) atoms. The zero-order valence-electron chi connectivity index (χ0n) is 29.5. The molecule has 0 saturated carbocycles. The Bertz CT molecular complexity index is 1760. The fourth-order valence-electron chi connectivity index (χ4n) is 6.13. The van der Waals surface area contributed by atoms with Crippen LogP contribution in [0.4, 0.5) is 5.69 Å². The van der Waals surface area contributed by atoms with E-state index in [1.165, 1.54) is 18.2 Å². The van der Waals surface area contributed by atoms with Gasteiger partial charge in [0.1, 0.15) is 12.7 Å². The number of dihydropyridines is 1. The summed E-state index contributed by atoms with van der Waals surface area (Å²) in [6.45, 7) is 8.60. The summed E-state index contributed by atoms with van der Waals surface area (Å²) in [5.74, 6) is -2.04. The maximum Gasteiger partial charge on any atom is 0.336 e. The number of methoxy groups -OCH3 is 1. The van der Waals surface area contributed by atoms with Gasteiger partial charge in [0.05, 0.1) is 35.7 Å². The smallest absolute Gasteiger partial charge is 0.336 e. The largest absolute Gasteiger partial charge is 0.493 e. The molecule has 2 unspecified atom stereocenters. The lowest BCUT2D eigenvalue weighted by atomic mass is 9.80. The maximum absolute atomic E-state index is 13.7. The van der Waals surface area contributed by atoms with Crippen LogP contribution in [0.3, 0.4) is 0 Å². The van der Waals surface area contributed by atoms with Gasteiger partial charge in [-0.2, -0.15) is 0 Å². The number of carboxylic acid groups (broad SMARTS) is 1. The van der Waals surface area contributed by atoms with Gasteiger partial charge in [0.25, 0.3) is 5.69 Å². The van der Waals surface area contributed by atoms with E-state index >= 15 is 0 Å². The second-order valence-electron chi connectivity index (χ2n) is 12.9. The lowest BCUT2D eigenvalue weighted by molar-refractivity contribution is -0.384. The quantitative estimate of drug-likeness (QED) is 0.0814. The first-order chi connectivity index (χ1) is 24.3. The molecule has 4 N–H and O–H groups in total. The number of aliphatic hydroxyl groups is 1. The number of esters is 1. The number of nitrogens with one attached hydrogen (secondary N) is 2. The molecule has 272 valence electrons. The molecule has 4 rings (SSSR count). The summed E-state index contributed by atoms with van der Waals surface area (Å²) in [4.78, 5) is 39.7. The first-order valence-electron chi connectivity index (χ1n) is 16.6. The van der Waals surface area contributed by atoms with Crippen LogP contribution in [0, 0.1) is 10.1 Å². The van der Waals surface area contributed by atoms with E-state index in [1.807, 2.05) is 56.3 Å². The van der Waals surface area contributed by atoms with Crippen LogP contribution in [-0.2, 0) is 20.9 Å². The molecule has 1 aliphatic heterocycles. The third-order valence-corrected chi connectivity index (χ3v) is 8.35. The minimum Gasteiger partial charge on any atom is -0.493 e. The first-order valence-corrected chi connectivity index (χ1v) is 16.6. The van der Waals surface area contributed by atoms with E-state index in [0.717, 1.165) is 5.56 Å². The van der Waals surface area contributed by atoms with E-state index in [-0.39, 0.29) is 48.7 Å². The average Bonchev–Trinajstić information content (AvgIpc) is 3.09. The van der Waals surface area contributed by atoms with E-state index in [4.69, 9.17) is 14.2 Å². The van der Waals surface area contributed by atoms with Crippen molar-refractivity contribution in [3.63, 3.8) is 0 Å². The number of para-hydroxylation sites is 2. The molecule has 0 bridgehead atoms. The minimum absolute atomic E-state index is 0.0352. The summed E-state index contributed by atoms with van der Waals surface area (Å²) in [7, 11) is 1.55. The number of aliphatic carboxylic acids is 1. The number of nitrogens with zero attached hydrogens (tertiary/aromatic N) is 2. The van der Waals surface area contributed by atoms with Gasteiger partial charge in [-0.15, -0.1) is 0 Å². The molecule has 0 aromatic heterocycles. The molecule has 3 aromatic rings. The molecule has 0 fully saturated rings. The van der Waals surface area contributed by atoms with Gasteiger partial charge in [-0.05, 0) is 51.0 Å². The van der Waals surface area contributed by atoms with Crippen LogP contribution in [0.25, 0.3) is 0 Å². The molecular formula is C38H46N4O9. The van der Waals surface area contributed by atoms with E-state index in [9.17, 15) is 29.9 Å². The third kappa shape index (κ3) is 10.4. The number of carbonyl (C=O) groups excluding carboxylic acids is 1. The number of ether oxygens (including phenoxy) is 3. The maximum atomic E-state index is 13.7. The standard InChI is InChI=1S/C38H46N4O9/c1-6-50-37(46)35-30(40-25(2)33(36(44)45)34(35)27-15-12-16-28(19-27)42(47)48)22-41(21-26-13-8-7-9-14-26)24-38(3,4)39-20-29(43)23-51-32-18-11-10-17-31(32)49-5/h7-19,29,34,39-40,43H,6,20-24H2,1-5H3,(H,44,45). The van der Waals surface area contributed by atoms with Crippen LogP contribution < -0.4 is 20.1 Å². The predicted octanol–water partition coefficient (Wildman–Crippen LogP) is 4.78. The Hall–Kier alpha value is -5.24. The average molecular weight is 703 g/mol. The SMILES string of the molecule is CCOC(=O)C1=C(CN(Cc2ccccc2)CC(C)(C)NCC(O)COc2ccccc2OC)NC(C)=C(C(=O)O)C1c1cccc([N+](=O)[O-])c1. The number of nitro benzene ring substituents is 1. The Kier molecular flexibility index (Phi) is 13.3. The van der Waals surface area contributed by atoms with E-state index in [1.54, 1.807) is 39.2 Å². The fourth-order valence-corrected chi connectivity index (χ4v) is 6.13. The number of benzene rings is 3. The van der Waals surface area contributed by atoms with Gasteiger partial charge in [0.15, 0.2) is 11.5 Å². The molecule has 0 amide bonds. The Balaban J connectivity index is 1.65. The number of hydrogen-bond acceptors (Lipinski definition) is 11. The molecule has 1 aliphatic rings. The molecule has 13 heteroatoms. The Morgan fingerprint density at radius 3 is 2.35 bits per heavy atom. The minimum atomic E-state index is -1.27. The number of aliphatic hydroxyl groups excluding tert-OH is 1. The van der Waals surface area contributed by atoms with Crippen LogP contribution in [0.1, 0.15) is 44.7 Å². The highest BCUT2D eigenvalue weighted by atomic mass is 16.6. The number of non-ortho nitro benzene ring substituents is 1. The summed E-state index contributed by atoms with van der Waals surface area (Å²) in [6, 6.07) is 22.6. The highest BCUT2D eigenvalue weighted by Crippen LogP contribution is 2.40. The molecular weight excluding hydrogens is 656 g/mol. The first kappa shape index (κ1) is 38.6. The monoisotopic (exact) mass is 702 g/mol. The van der Waals surface area contributed by atoms with Gasteiger partial charge in [0.2, 0.25) is 0 Å². The summed E-state index contributed by atoms with van der Waals surface area (Å²) in [5.41, 5.74) is 1.16. The fraction of sp³-hybridized carbons (Fsp3) is 0.368. The lowest BCUT2D eigenvalue weighted by Gasteiger charge is -2.37. The number of hydrogen-bond donors (Lipinski definition) is 4. The van der Waals surface area contributed by atoms with Gasteiger partial charge in [-0.25, -0.2) is 9.59 Å². The van der Waals surface area contributed by atoms with Crippen molar-refractivity contribution < 1.29 is 38.9 Å². The van der Waals surface area contributed by atoms with Gasteiger partial charge in [-0.1, -0.05) is 54.6 Å². The van der Waals surface area contributed by atoms with Crippen molar-refractivity contribution in [2.45, 2.75) is 51.8 Å². The molecule has 1 heterocycles. The molecule has 0 aliphatic carbocycles. The highest BCUT2D eigenvalue weighted by Gasteiger charge is 2.39. The lowest BCUT2D eigenvalue weighted by Crippen LogP contribution is -2.52. The van der Waals surface area contributed by atoms with Crippen molar-refractivity contribution in [1.82, 2.24) is 15.5 Å². The van der Waals surface area contributed by atoms with Crippen LogP contribution in [0.15, 0.2) is 101 Å². The number of β-amino-alcohol motifs (C(OH)–C–C–N with tert-alkyl or cyclic N) is 1.